The summed E-state index contributed by atoms with van der Waals surface area (Å²) in [6.07, 6.45) is 0. The van der Waals surface area contributed by atoms with Crippen molar-refractivity contribution in [3.63, 3.8) is 0 Å². The summed E-state index contributed by atoms with van der Waals surface area (Å²) in [5.74, 6) is -2.06. The Kier molecular flexibility index (Phi) is 6.89. The van der Waals surface area contributed by atoms with Crippen LogP contribution in [0.3, 0.4) is 0 Å². The standard InChI is InChI=1S/C20H22ClN5O2/c1-11-5-4-6-12(2)16(11)24-19(28)17(25-26-20(22)23)13(3)18(27)14-7-9-15(21)10-8-14/h4-10,13H,1-3H3,(H,24,28)(H4,22,23,26)/b25-17+/t13-/m1/s1. The maximum Gasteiger partial charge on any atom is 0.272 e. The lowest BCUT2D eigenvalue weighted by Gasteiger charge is -2.15. The summed E-state index contributed by atoms with van der Waals surface area (Å²) < 4.78 is 0. The third kappa shape index (κ3) is 5.17. The quantitative estimate of drug-likeness (QED) is 0.299. The number of Topliss-reactive ketones (excluding diaryl/α,β-unsaturated/α-hetero) is 1. The van der Waals surface area contributed by atoms with Crippen molar-refractivity contribution in [2.75, 3.05) is 5.32 Å². The summed E-state index contributed by atoms with van der Waals surface area (Å²) in [5, 5.41) is 10.7. The van der Waals surface area contributed by atoms with E-state index in [1.807, 2.05) is 32.0 Å². The number of hydrogen-bond acceptors (Lipinski definition) is 4. The molecular weight excluding hydrogens is 378 g/mol. The maximum absolute atomic E-state index is 12.9. The van der Waals surface area contributed by atoms with Gasteiger partial charge >= 0.3 is 0 Å². The zero-order chi connectivity index (χ0) is 20.8. The van der Waals surface area contributed by atoms with Gasteiger partial charge in [0.25, 0.3) is 5.91 Å². The Labute approximate surface area is 168 Å². The molecule has 28 heavy (non-hydrogen) atoms. The Balaban J connectivity index is 2.37. The SMILES string of the molecule is Cc1cccc(C)c1NC(=O)/C(=N/N=C(N)N)[C@@H](C)C(=O)c1ccc(Cl)cc1. The molecule has 0 aliphatic carbocycles. The highest BCUT2D eigenvalue weighted by molar-refractivity contribution is 6.47. The van der Waals surface area contributed by atoms with E-state index in [-0.39, 0.29) is 17.5 Å². The molecule has 0 saturated carbocycles. The number of rotatable bonds is 6. The first-order chi connectivity index (χ1) is 13.2. The third-order valence-corrected chi connectivity index (χ3v) is 4.41. The molecule has 0 fully saturated rings. The predicted octanol–water partition coefficient (Wildman–Crippen LogP) is 3.04. The minimum atomic E-state index is -0.881. The average Bonchev–Trinajstić information content (AvgIpc) is 2.64. The van der Waals surface area contributed by atoms with E-state index in [0.717, 1.165) is 11.1 Å². The van der Waals surface area contributed by atoms with Crippen molar-refractivity contribution in [2.24, 2.45) is 27.6 Å². The van der Waals surface area contributed by atoms with E-state index in [2.05, 4.69) is 15.5 Å². The number of guanidine groups is 1. The number of benzene rings is 2. The molecule has 0 bridgehead atoms. The van der Waals surface area contributed by atoms with Crippen LogP contribution in [0, 0.1) is 19.8 Å². The number of carbonyl (C=O) groups is 2. The second kappa shape index (κ2) is 9.14. The maximum atomic E-state index is 12.9. The average molecular weight is 400 g/mol. The fourth-order valence-electron chi connectivity index (χ4n) is 2.62. The molecule has 0 spiro atoms. The highest BCUT2D eigenvalue weighted by atomic mass is 35.5. The molecule has 2 rings (SSSR count). The summed E-state index contributed by atoms with van der Waals surface area (Å²) in [4.78, 5) is 25.7. The van der Waals surface area contributed by atoms with Crippen LogP contribution in [0.5, 0.6) is 0 Å². The lowest BCUT2D eigenvalue weighted by molar-refractivity contribution is -0.110. The fourth-order valence-corrected chi connectivity index (χ4v) is 2.74. The molecule has 8 heteroatoms. The van der Waals surface area contributed by atoms with Crippen molar-refractivity contribution in [3.8, 4) is 0 Å². The number of halogens is 1. The van der Waals surface area contributed by atoms with Gasteiger partial charge in [0.2, 0.25) is 5.96 Å². The Morgan fingerprint density at radius 1 is 1.00 bits per heavy atom. The van der Waals surface area contributed by atoms with Gasteiger partial charge in [0.15, 0.2) is 5.78 Å². The van der Waals surface area contributed by atoms with Gasteiger partial charge in [-0.1, -0.05) is 29.8 Å². The van der Waals surface area contributed by atoms with Crippen LogP contribution in [0.25, 0.3) is 0 Å². The van der Waals surface area contributed by atoms with Gasteiger partial charge in [-0.2, -0.15) is 0 Å². The van der Waals surface area contributed by atoms with Gasteiger partial charge in [-0.25, -0.2) is 0 Å². The Bertz CT molecular complexity index is 927. The Morgan fingerprint density at radius 3 is 2.11 bits per heavy atom. The molecule has 1 amide bonds. The highest BCUT2D eigenvalue weighted by Crippen LogP contribution is 2.21. The van der Waals surface area contributed by atoms with Crippen molar-refractivity contribution < 1.29 is 9.59 Å². The van der Waals surface area contributed by atoms with Crippen LogP contribution >= 0.6 is 11.6 Å². The van der Waals surface area contributed by atoms with Crippen molar-refractivity contribution in [2.45, 2.75) is 20.8 Å². The molecule has 7 nitrogen and oxygen atoms in total. The van der Waals surface area contributed by atoms with E-state index in [0.29, 0.717) is 16.3 Å². The molecule has 0 aliphatic rings. The van der Waals surface area contributed by atoms with Gasteiger partial charge < -0.3 is 16.8 Å². The van der Waals surface area contributed by atoms with Crippen molar-refractivity contribution in [3.05, 3.63) is 64.2 Å². The van der Waals surface area contributed by atoms with Gasteiger partial charge in [-0.05, 0) is 56.2 Å². The highest BCUT2D eigenvalue weighted by Gasteiger charge is 2.27. The van der Waals surface area contributed by atoms with E-state index in [1.165, 1.54) is 0 Å². The zero-order valence-corrected chi connectivity index (χ0v) is 16.6. The van der Waals surface area contributed by atoms with Crippen LogP contribution in [0.15, 0.2) is 52.7 Å². The van der Waals surface area contributed by atoms with Crippen LogP contribution in [-0.2, 0) is 4.79 Å². The van der Waals surface area contributed by atoms with Gasteiger partial charge in [-0.3, -0.25) is 9.59 Å². The van der Waals surface area contributed by atoms with Crippen molar-refractivity contribution >= 4 is 40.6 Å². The molecule has 0 aromatic heterocycles. The van der Waals surface area contributed by atoms with Gasteiger partial charge in [0.1, 0.15) is 5.71 Å². The lowest BCUT2D eigenvalue weighted by Crippen LogP contribution is -2.33. The summed E-state index contributed by atoms with van der Waals surface area (Å²) in [6, 6.07) is 12.0. The van der Waals surface area contributed by atoms with Crippen molar-refractivity contribution in [1.29, 1.82) is 0 Å². The number of nitrogens with one attached hydrogen (secondary N) is 1. The molecule has 0 radical (unpaired) electrons. The molecule has 2 aromatic rings. The molecule has 146 valence electrons. The Morgan fingerprint density at radius 2 is 1.57 bits per heavy atom. The van der Waals surface area contributed by atoms with Gasteiger partial charge in [-0.15, -0.1) is 10.2 Å². The number of anilines is 1. The van der Waals surface area contributed by atoms with Crippen LogP contribution in [0.1, 0.15) is 28.4 Å². The summed E-state index contributed by atoms with van der Waals surface area (Å²) >= 11 is 5.87. The fraction of sp³-hybridized carbons (Fsp3) is 0.200. The first-order valence-corrected chi connectivity index (χ1v) is 8.92. The molecule has 2 aromatic carbocycles. The molecule has 1 atom stereocenters. The number of hydrogen-bond donors (Lipinski definition) is 3. The summed E-state index contributed by atoms with van der Waals surface area (Å²) in [7, 11) is 0. The van der Waals surface area contributed by atoms with E-state index in [9.17, 15) is 9.59 Å². The van der Waals surface area contributed by atoms with Crippen LogP contribution in [-0.4, -0.2) is 23.4 Å². The second-order valence-corrected chi connectivity index (χ2v) is 6.76. The second-order valence-electron chi connectivity index (χ2n) is 6.32. The monoisotopic (exact) mass is 399 g/mol. The molecule has 0 unspecified atom stereocenters. The van der Waals surface area contributed by atoms with Crippen LogP contribution in [0.4, 0.5) is 5.69 Å². The summed E-state index contributed by atoms with van der Waals surface area (Å²) in [5.41, 5.74) is 13.4. The van der Waals surface area contributed by atoms with Crippen LogP contribution in [0.2, 0.25) is 5.02 Å². The first-order valence-electron chi connectivity index (χ1n) is 8.54. The number of ketones is 1. The van der Waals surface area contributed by atoms with E-state index >= 15 is 0 Å². The molecule has 5 N–H and O–H groups in total. The number of para-hydroxylation sites is 1. The first kappa shape index (κ1) is 21.1. The van der Waals surface area contributed by atoms with Gasteiger partial charge in [0.05, 0.1) is 5.92 Å². The smallest absolute Gasteiger partial charge is 0.272 e. The summed E-state index contributed by atoms with van der Waals surface area (Å²) in [6.45, 7) is 5.32. The lowest BCUT2D eigenvalue weighted by atomic mass is 9.94. The number of amides is 1. The number of aryl methyl sites for hydroxylation is 2. The Hall–Kier alpha value is -3.19. The normalized spacial score (nSPS) is 12.2. The van der Waals surface area contributed by atoms with E-state index in [1.54, 1.807) is 31.2 Å². The number of carbonyl (C=O) groups excluding carboxylic acids is 2. The predicted molar refractivity (Wildman–Crippen MR) is 113 cm³/mol. The topological polar surface area (TPSA) is 123 Å². The molecule has 0 saturated heterocycles. The number of nitrogens with zero attached hydrogens (tertiary/aromatic N) is 2. The third-order valence-electron chi connectivity index (χ3n) is 4.16. The molecular formula is C20H22ClN5O2. The minimum Gasteiger partial charge on any atom is -0.369 e. The number of nitrogens with two attached hydrogens (primary N) is 2. The van der Waals surface area contributed by atoms with Gasteiger partial charge in [0, 0.05) is 16.3 Å². The molecule has 0 aliphatic heterocycles. The zero-order valence-electron chi connectivity index (χ0n) is 15.9. The van der Waals surface area contributed by atoms with Crippen molar-refractivity contribution in [1.82, 2.24) is 0 Å². The minimum absolute atomic E-state index is 0.101. The van der Waals surface area contributed by atoms with E-state index < -0.39 is 11.8 Å². The largest absolute Gasteiger partial charge is 0.369 e. The van der Waals surface area contributed by atoms with E-state index in [4.69, 9.17) is 23.1 Å². The van der Waals surface area contributed by atoms with Crippen LogP contribution < -0.4 is 16.8 Å². The molecule has 0 heterocycles.